The summed E-state index contributed by atoms with van der Waals surface area (Å²) in [5.41, 5.74) is 2.40. The number of carbonyl (C=O) groups excluding carboxylic acids is 1. The molecule has 1 amide bonds. The molecule has 122 valence electrons. The first kappa shape index (κ1) is 17.8. The molecule has 0 aliphatic carbocycles. The summed E-state index contributed by atoms with van der Waals surface area (Å²) in [6, 6.07) is 12.4. The summed E-state index contributed by atoms with van der Waals surface area (Å²) in [7, 11) is 0. The van der Waals surface area contributed by atoms with Gasteiger partial charge in [-0.2, -0.15) is 0 Å². The highest BCUT2D eigenvalue weighted by atomic mass is 35.5. The van der Waals surface area contributed by atoms with Crippen LogP contribution in [0.1, 0.15) is 24.2 Å². The molecular weight excluding hydrogens is 335 g/mol. The third-order valence-corrected chi connectivity index (χ3v) is 3.87. The van der Waals surface area contributed by atoms with Gasteiger partial charge in [-0.05, 0) is 35.4 Å². The van der Waals surface area contributed by atoms with Crippen molar-refractivity contribution in [2.45, 2.75) is 19.6 Å². The van der Waals surface area contributed by atoms with Crippen LogP contribution in [0.3, 0.4) is 0 Å². The van der Waals surface area contributed by atoms with E-state index in [2.05, 4.69) is 10.6 Å². The van der Waals surface area contributed by atoms with Crippen LogP contribution in [-0.2, 0) is 11.3 Å². The summed E-state index contributed by atoms with van der Waals surface area (Å²) in [5, 5.41) is 17.2. The molecule has 0 bridgehead atoms. The molecule has 0 aliphatic rings. The van der Waals surface area contributed by atoms with Gasteiger partial charge >= 0.3 is 0 Å². The average Bonchev–Trinajstić information content (AvgIpc) is 2.49. The first-order chi connectivity index (χ1) is 11.0. The van der Waals surface area contributed by atoms with Crippen LogP contribution in [-0.4, -0.2) is 17.6 Å². The highest BCUT2D eigenvalue weighted by Crippen LogP contribution is 2.21. The maximum Gasteiger partial charge on any atom is 0.221 e. The van der Waals surface area contributed by atoms with Crippen LogP contribution in [0.15, 0.2) is 42.5 Å². The number of aliphatic hydroxyl groups is 1. The van der Waals surface area contributed by atoms with Crippen molar-refractivity contribution in [3.05, 3.63) is 63.6 Å². The second-order valence-corrected chi connectivity index (χ2v) is 6.03. The fourth-order valence-electron chi connectivity index (χ4n) is 2.12. The number of carbonyl (C=O) groups is 1. The molecule has 23 heavy (non-hydrogen) atoms. The molecule has 0 aromatic heterocycles. The normalized spacial score (nSPS) is 12.0. The van der Waals surface area contributed by atoms with Gasteiger partial charge in [-0.25, -0.2) is 0 Å². The van der Waals surface area contributed by atoms with E-state index in [-0.39, 0.29) is 5.91 Å². The van der Waals surface area contributed by atoms with E-state index in [0.29, 0.717) is 28.8 Å². The molecule has 2 rings (SSSR count). The highest BCUT2D eigenvalue weighted by molar-refractivity contribution is 6.35. The predicted octanol–water partition coefficient (Wildman–Crippen LogP) is 3.78. The monoisotopic (exact) mass is 352 g/mol. The minimum absolute atomic E-state index is 0.125. The Morgan fingerprint density at radius 3 is 2.48 bits per heavy atom. The van der Waals surface area contributed by atoms with Crippen LogP contribution < -0.4 is 10.6 Å². The summed E-state index contributed by atoms with van der Waals surface area (Å²) >= 11 is 12.0. The van der Waals surface area contributed by atoms with Crippen LogP contribution in [0.25, 0.3) is 0 Å². The number of rotatable bonds is 6. The lowest BCUT2D eigenvalue weighted by Crippen LogP contribution is -2.21. The largest absolute Gasteiger partial charge is 0.387 e. The average molecular weight is 353 g/mol. The molecule has 0 heterocycles. The van der Waals surface area contributed by atoms with Crippen molar-refractivity contribution in [1.82, 2.24) is 5.32 Å². The molecular formula is C17H18Cl2N2O2. The Hall–Kier alpha value is -1.59. The molecule has 2 aromatic rings. The number of halogens is 2. The number of aliphatic hydroxyl groups excluding tert-OH is 1. The fraction of sp³-hybridized carbons (Fsp3) is 0.235. The molecule has 0 saturated heterocycles. The van der Waals surface area contributed by atoms with Gasteiger partial charge in [0.2, 0.25) is 5.91 Å². The van der Waals surface area contributed by atoms with Crippen molar-refractivity contribution < 1.29 is 9.90 Å². The number of amides is 1. The van der Waals surface area contributed by atoms with E-state index in [9.17, 15) is 9.90 Å². The summed E-state index contributed by atoms with van der Waals surface area (Å²) < 4.78 is 0. The molecule has 0 fully saturated rings. The van der Waals surface area contributed by atoms with Crippen molar-refractivity contribution in [2.24, 2.45) is 0 Å². The maximum atomic E-state index is 11.0. The molecule has 6 heteroatoms. The zero-order chi connectivity index (χ0) is 16.8. The Labute approximate surface area is 145 Å². The van der Waals surface area contributed by atoms with Gasteiger partial charge in [0.25, 0.3) is 0 Å². The first-order valence-corrected chi connectivity index (χ1v) is 7.91. The Kier molecular flexibility index (Phi) is 6.42. The fourth-order valence-corrected chi connectivity index (χ4v) is 2.59. The van der Waals surface area contributed by atoms with E-state index in [0.717, 1.165) is 11.1 Å². The molecule has 4 nitrogen and oxygen atoms in total. The van der Waals surface area contributed by atoms with Crippen molar-refractivity contribution in [2.75, 3.05) is 11.9 Å². The van der Waals surface area contributed by atoms with Gasteiger partial charge < -0.3 is 15.7 Å². The number of hydrogen-bond acceptors (Lipinski definition) is 3. The van der Waals surface area contributed by atoms with Crippen LogP contribution >= 0.6 is 23.2 Å². The predicted molar refractivity (Wildman–Crippen MR) is 93.9 cm³/mol. The summed E-state index contributed by atoms with van der Waals surface area (Å²) in [4.78, 5) is 11.0. The summed E-state index contributed by atoms with van der Waals surface area (Å²) in [6.07, 6.45) is -0.646. The number of anilines is 1. The summed E-state index contributed by atoms with van der Waals surface area (Å²) in [5.74, 6) is -0.125. The number of nitrogens with one attached hydrogen (secondary N) is 2. The van der Waals surface area contributed by atoms with Gasteiger partial charge in [-0.3, -0.25) is 4.79 Å². The minimum atomic E-state index is -0.646. The van der Waals surface area contributed by atoms with E-state index >= 15 is 0 Å². The minimum Gasteiger partial charge on any atom is -0.387 e. The Bertz CT molecular complexity index is 675. The van der Waals surface area contributed by atoms with Crippen molar-refractivity contribution in [3.63, 3.8) is 0 Å². The van der Waals surface area contributed by atoms with E-state index in [1.54, 1.807) is 36.4 Å². The molecule has 2 aromatic carbocycles. The van der Waals surface area contributed by atoms with Gasteiger partial charge in [-0.15, -0.1) is 0 Å². The van der Waals surface area contributed by atoms with Gasteiger partial charge in [0.15, 0.2) is 0 Å². The van der Waals surface area contributed by atoms with Crippen molar-refractivity contribution in [3.8, 4) is 0 Å². The zero-order valence-electron chi connectivity index (χ0n) is 12.6. The third kappa shape index (κ3) is 5.52. The SMILES string of the molecule is CC(=O)Nc1ccc(C(O)CNCc2ccc(Cl)cc2Cl)cc1. The van der Waals surface area contributed by atoms with Crippen molar-refractivity contribution >= 4 is 34.8 Å². The third-order valence-electron chi connectivity index (χ3n) is 3.28. The van der Waals surface area contributed by atoms with Crippen LogP contribution in [0.2, 0.25) is 10.0 Å². The van der Waals surface area contributed by atoms with Gasteiger partial charge in [0.05, 0.1) is 6.10 Å². The second kappa shape index (κ2) is 8.31. The Balaban J connectivity index is 1.86. The van der Waals surface area contributed by atoms with Gasteiger partial charge in [0, 0.05) is 35.7 Å². The smallest absolute Gasteiger partial charge is 0.221 e. The molecule has 0 spiro atoms. The second-order valence-electron chi connectivity index (χ2n) is 5.19. The Morgan fingerprint density at radius 2 is 1.87 bits per heavy atom. The Morgan fingerprint density at radius 1 is 1.17 bits per heavy atom. The standard InChI is InChI=1S/C17H18Cl2N2O2/c1-11(22)21-15-6-3-12(4-7-15)17(23)10-20-9-13-2-5-14(18)8-16(13)19/h2-8,17,20,23H,9-10H2,1H3,(H,21,22). The highest BCUT2D eigenvalue weighted by Gasteiger charge is 2.08. The maximum absolute atomic E-state index is 11.0. The molecule has 1 atom stereocenters. The van der Waals surface area contributed by atoms with Gasteiger partial charge in [-0.1, -0.05) is 41.4 Å². The van der Waals surface area contributed by atoms with Crippen LogP contribution in [0, 0.1) is 0 Å². The van der Waals surface area contributed by atoms with Crippen molar-refractivity contribution in [1.29, 1.82) is 0 Å². The summed E-state index contributed by atoms with van der Waals surface area (Å²) in [6.45, 7) is 2.38. The lowest BCUT2D eigenvalue weighted by molar-refractivity contribution is -0.114. The first-order valence-electron chi connectivity index (χ1n) is 7.16. The topological polar surface area (TPSA) is 61.4 Å². The number of benzene rings is 2. The zero-order valence-corrected chi connectivity index (χ0v) is 14.2. The quantitative estimate of drug-likeness (QED) is 0.741. The lowest BCUT2D eigenvalue weighted by atomic mass is 10.1. The molecule has 0 saturated carbocycles. The van der Waals surface area contributed by atoms with E-state index in [1.165, 1.54) is 6.92 Å². The molecule has 0 radical (unpaired) electrons. The van der Waals surface area contributed by atoms with Crippen LogP contribution in [0.4, 0.5) is 5.69 Å². The van der Waals surface area contributed by atoms with Gasteiger partial charge in [0.1, 0.15) is 0 Å². The molecule has 3 N–H and O–H groups in total. The molecule has 0 aliphatic heterocycles. The van der Waals surface area contributed by atoms with E-state index in [4.69, 9.17) is 23.2 Å². The van der Waals surface area contributed by atoms with E-state index < -0.39 is 6.10 Å². The molecule has 1 unspecified atom stereocenters. The van der Waals surface area contributed by atoms with Crippen LogP contribution in [0.5, 0.6) is 0 Å². The lowest BCUT2D eigenvalue weighted by Gasteiger charge is -2.13. The number of hydrogen-bond donors (Lipinski definition) is 3. The van der Waals surface area contributed by atoms with E-state index in [1.807, 2.05) is 6.07 Å².